The number of amides is 1. The van der Waals surface area contributed by atoms with E-state index in [1.807, 2.05) is 18.2 Å². The molecule has 0 aromatic heterocycles. The van der Waals surface area contributed by atoms with Crippen LogP contribution in [0.2, 0.25) is 0 Å². The molecule has 0 bridgehead atoms. The normalized spacial score (nSPS) is 19.3. The molecule has 2 aliphatic rings. The van der Waals surface area contributed by atoms with Gasteiger partial charge in [0, 0.05) is 32.7 Å². The van der Waals surface area contributed by atoms with Crippen LogP contribution in [0.4, 0.5) is 0 Å². The molecule has 0 saturated carbocycles. The van der Waals surface area contributed by atoms with Crippen molar-refractivity contribution >= 4 is 15.9 Å². The molecule has 0 aliphatic carbocycles. The van der Waals surface area contributed by atoms with Crippen molar-refractivity contribution in [2.45, 2.75) is 49.7 Å². The summed E-state index contributed by atoms with van der Waals surface area (Å²) in [6.45, 7) is 3.49. The molecule has 2 heterocycles. The van der Waals surface area contributed by atoms with Crippen LogP contribution in [0.1, 0.15) is 49.1 Å². The van der Waals surface area contributed by atoms with Gasteiger partial charge in [-0.3, -0.25) is 10.0 Å². The number of rotatable bonds is 7. The number of carbonyl (C=O) groups is 1. The fourth-order valence-electron chi connectivity index (χ4n) is 5.36. The maximum atomic E-state index is 13.7. The Bertz CT molecular complexity index is 1150. The maximum Gasteiger partial charge on any atom is 0.244 e. The van der Waals surface area contributed by atoms with Crippen LogP contribution in [0.15, 0.2) is 42.5 Å². The van der Waals surface area contributed by atoms with Crippen molar-refractivity contribution in [3.63, 3.8) is 0 Å². The molecular weight excluding hydrogens is 468 g/mol. The minimum absolute atomic E-state index is 0.244. The molecule has 4 rings (SSSR count). The van der Waals surface area contributed by atoms with E-state index in [4.69, 9.17) is 14.7 Å². The largest absolute Gasteiger partial charge is 0.497 e. The number of hydroxylamine groups is 1. The number of hydrogen-bond donors (Lipinski definition) is 2. The number of benzene rings is 2. The highest BCUT2D eigenvalue weighted by atomic mass is 32.2. The number of piperidine rings is 1. The average molecular weight is 503 g/mol. The summed E-state index contributed by atoms with van der Waals surface area (Å²) in [5, 5.41) is 9.01. The number of methoxy groups -OCH3 is 1. The zero-order chi connectivity index (χ0) is 25.1. The van der Waals surface area contributed by atoms with Crippen LogP contribution in [0.5, 0.6) is 5.75 Å². The third-order valence-electron chi connectivity index (χ3n) is 7.46. The van der Waals surface area contributed by atoms with Crippen molar-refractivity contribution < 1.29 is 27.9 Å². The van der Waals surface area contributed by atoms with E-state index in [0.29, 0.717) is 13.1 Å². The number of ether oxygens (including phenoxy) is 2. The van der Waals surface area contributed by atoms with Gasteiger partial charge in [-0.15, -0.1) is 0 Å². The van der Waals surface area contributed by atoms with Gasteiger partial charge in [0.2, 0.25) is 15.9 Å². The zero-order valence-electron chi connectivity index (χ0n) is 20.3. The molecule has 2 aromatic carbocycles. The molecule has 9 heteroatoms. The summed E-state index contributed by atoms with van der Waals surface area (Å²) >= 11 is 0. The van der Waals surface area contributed by atoms with Gasteiger partial charge in [-0.2, -0.15) is 0 Å². The third kappa shape index (κ3) is 5.23. The molecule has 0 spiro atoms. The van der Waals surface area contributed by atoms with Gasteiger partial charge < -0.3 is 9.47 Å². The molecule has 190 valence electrons. The first-order valence-corrected chi connectivity index (χ1v) is 13.5. The van der Waals surface area contributed by atoms with Crippen LogP contribution < -0.4 is 10.2 Å². The van der Waals surface area contributed by atoms with E-state index in [-0.39, 0.29) is 38.4 Å². The fraction of sp³-hybridized carbons (Fsp3) is 0.500. The Balaban J connectivity index is 1.48. The second-order valence-corrected chi connectivity index (χ2v) is 11.8. The number of sulfonamides is 1. The van der Waals surface area contributed by atoms with Crippen LogP contribution >= 0.6 is 0 Å². The van der Waals surface area contributed by atoms with E-state index >= 15 is 0 Å². The van der Waals surface area contributed by atoms with E-state index in [1.165, 1.54) is 15.4 Å². The highest BCUT2D eigenvalue weighted by Crippen LogP contribution is 2.39. The fourth-order valence-corrected chi connectivity index (χ4v) is 7.60. The molecule has 35 heavy (non-hydrogen) atoms. The summed E-state index contributed by atoms with van der Waals surface area (Å²) in [6, 6.07) is 14.5. The summed E-state index contributed by atoms with van der Waals surface area (Å²) in [5.41, 5.74) is 6.23. The molecule has 0 atom stereocenters. The van der Waals surface area contributed by atoms with E-state index < -0.39 is 20.7 Å². The number of hydrogen-bond acceptors (Lipinski definition) is 6. The molecule has 2 fully saturated rings. The lowest BCUT2D eigenvalue weighted by Gasteiger charge is -2.42. The van der Waals surface area contributed by atoms with Crippen molar-refractivity contribution in [2.75, 3.05) is 33.4 Å². The Morgan fingerprint density at radius 2 is 1.89 bits per heavy atom. The van der Waals surface area contributed by atoms with E-state index in [2.05, 4.69) is 31.2 Å². The SMILES string of the molecule is COc1cccc(-c2ccc(C3CCN(S(=O)(=O)C4(CC(=O)NO)CCOCC4)CC3)cc2C)c1. The summed E-state index contributed by atoms with van der Waals surface area (Å²) in [5.74, 6) is 0.404. The van der Waals surface area contributed by atoms with Crippen molar-refractivity contribution in [1.29, 1.82) is 0 Å². The predicted molar refractivity (Wildman–Crippen MR) is 133 cm³/mol. The van der Waals surface area contributed by atoms with E-state index in [0.717, 1.165) is 29.7 Å². The standard InChI is InChI=1S/C26H34N2O6S/c1-19-16-21(6-7-24(19)22-4-3-5-23(17-22)33-2)20-8-12-28(13-9-20)35(31,32)26(18-25(29)27-30)10-14-34-15-11-26/h3-7,16-17,20,30H,8-15,18H2,1-2H3,(H,27,29). The Hall–Kier alpha value is -2.46. The molecule has 0 unspecified atom stereocenters. The monoisotopic (exact) mass is 502 g/mol. The maximum absolute atomic E-state index is 13.7. The Labute approximate surface area is 207 Å². The topological polar surface area (TPSA) is 105 Å². The quantitative estimate of drug-likeness (QED) is 0.443. The first-order valence-electron chi connectivity index (χ1n) is 12.0. The van der Waals surface area contributed by atoms with E-state index in [1.54, 1.807) is 12.6 Å². The van der Waals surface area contributed by atoms with Gasteiger partial charge >= 0.3 is 0 Å². The highest BCUT2D eigenvalue weighted by Gasteiger charge is 2.50. The molecule has 1 amide bonds. The molecule has 2 aromatic rings. The van der Waals surface area contributed by atoms with Gasteiger partial charge in [-0.1, -0.05) is 30.3 Å². The predicted octanol–water partition coefficient (Wildman–Crippen LogP) is 3.62. The lowest BCUT2D eigenvalue weighted by molar-refractivity contribution is -0.130. The van der Waals surface area contributed by atoms with Gasteiger partial charge in [0.15, 0.2) is 0 Å². The van der Waals surface area contributed by atoms with Gasteiger partial charge in [-0.25, -0.2) is 18.2 Å². The number of nitrogens with zero attached hydrogens (tertiary/aromatic N) is 1. The van der Waals surface area contributed by atoms with Gasteiger partial charge in [-0.05, 0) is 72.9 Å². The Morgan fingerprint density at radius 1 is 1.17 bits per heavy atom. The van der Waals surface area contributed by atoms with Crippen molar-refractivity contribution in [1.82, 2.24) is 9.79 Å². The summed E-state index contributed by atoms with van der Waals surface area (Å²) in [7, 11) is -2.09. The van der Waals surface area contributed by atoms with Gasteiger partial charge in [0.25, 0.3) is 0 Å². The molecule has 2 N–H and O–H groups in total. The second kappa shape index (κ2) is 10.7. The molecule has 8 nitrogen and oxygen atoms in total. The smallest absolute Gasteiger partial charge is 0.244 e. The summed E-state index contributed by atoms with van der Waals surface area (Å²) < 4.78 is 38.4. The number of carbonyl (C=O) groups excluding carboxylic acids is 1. The zero-order valence-corrected chi connectivity index (χ0v) is 21.1. The van der Waals surface area contributed by atoms with Crippen molar-refractivity contribution in [3.05, 3.63) is 53.6 Å². The highest BCUT2D eigenvalue weighted by molar-refractivity contribution is 7.90. The van der Waals surface area contributed by atoms with Crippen LogP contribution in [0.25, 0.3) is 11.1 Å². The Kier molecular flexibility index (Phi) is 7.80. The molecule has 0 radical (unpaired) electrons. The molecule has 2 saturated heterocycles. The van der Waals surface area contributed by atoms with Gasteiger partial charge in [0.1, 0.15) is 5.75 Å². The Morgan fingerprint density at radius 3 is 2.51 bits per heavy atom. The van der Waals surface area contributed by atoms with Crippen LogP contribution in [0.3, 0.4) is 0 Å². The third-order valence-corrected chi connectivity index (χ3v) is 10.1. The minimum atomic E-state index is -3.75. The summed E-state index contributed by atoms with van der Waals surface area (Å²) in [4.78, 5) is 12.0. The number of aryl methyl sites for hydroxylation is 1. The van der Waals surface area contributed by atoms with Crippen LogP contribution in [-0.4, -0.2) is 62.0 Å². The summed E-state index contributed by atoms with van der Waals surface area (Å²) in [6.07, 6.45) is 1.66. The minimum Gasteiger partial charge on any atom is -0.497 e. The lowest BCUT2D eigenvalue weighted by atomic mass is 9.87. The van der Waals surface area contributed by atoms with Gasteiger partial charge in [0.05, 0.1) is 11.9 Å². The van der Waals surface area contributed by atoms with Crippen LogP contribution in [0, 0.1) is 6.92 Å². The molecular formula is C26H34N2O6S. The average Bonchev–Trinajstić information content (AvgIpc) is 2.89. The van der Waals surface area contributed by atoms with E-state index in [9.17, 15) is 13.2 Å². The van der Waals surface area contributed by atoms with Crippen molar-refractivity contribution in [2.24, 2.45) is 0 Å². The molecule has 2 aliphatic heterocycles. The van der Waals surface area contributed by atoms with Crippen molar-refractivity contribution in [3.8, 4) is 16.9 Å². The number of nitrogens with one attached hydrogen (secondary N) is 1. The second-order valence-electron chi connectivity index (χ2n) is 9.49. The first kappa shape index (κ1) is 25.6. The van der Waals surface area contributed by atoms with Crippen LogP contribution in [-0.2, 0) is 19.6 Å². The first-order chi connectivity index (χ1) is 16.8. The lowest BCUT2D eigenvalue weighted by Crippen LogP contribution is -2.54.